The molecule has 1 fully saturated rings. The first kappa shape index (κ1) is 23.8. The van der Waals surface area contributed by atoms with Crippen LogP contribution in [0.15, 0.2) is 30.5 Å². The maximum absolute atomic E-state index is 14.0. The first-order chi connectivity index (χ1) is 17.4. The molecule has 0 atom stereocenters. The van der Waals surface area contributed by atoms with Gasteiger partial charge in [-0.25, -0.2) is 18.7 Å². The van der Waals surface area contributed by atoms with Crippen molar-refractivity contribution in [2.75, 3.05) is 31.6 Å². The molecule has 1 aromatic carbocycles. The Kier molecular flexibility index (Phi) is 6.62. The molecule has 9 nitrogen and oxygen atoms in total. The zero-order valence-corrected chi connectivity index (χ0v) is 20.1. The minimum atomic E-state index is -0.709. The van der Waals surface area contributed by atoms with Crippen LogP contribution in [0.3, 0.4) is 0 Å². The zero-order chi connectivity index (χ0) is 25.2. The van der Waals surface area contributed by atoms with Crippen molar-refractivity contribution in [1.29, 1.82) is 0 Å². The molecule has 0 bridgehead atoms. The van der Waals surface area contributed by atoms with Gasteiger partial charge in [-0.3, -0.25) is 4.79 Å². The SMILES string of the molecule is COc1cc(-c2nc3c(nc2N2CCC(Oc4ccc(F)cc4F)CC2)CCN(C(C)=O)C3)cnn1. The fraction of sp³-hybridized carbons (Fsp3) is 0.400. The second kappa shape index (κ2) is 10.00. The van der Waals surface area contributed by atoms with Crippen molar-refractivity contribution in [2.45, 2.75) is 38.8 Å². The summed E-state index contributed by atoms with van der Waals surface area (Å²) in [4.78, 5) is 25.8. The van der Waals surface area contributed by atoms with Gasteiger partial charge in [0.15, 0.2) is 17.4 Å². The Labute approximate surface area is 207 Å². The summed E-state index contributed by atoms with van der Waals surface area (Å²) in [6.07, 6.45) is 3.29. The number of ether oxygens (including phenoxy) is 2. The predicted octanol–water partition coefficient (Wildman–Crippen LogP) is 3.17. The number of anilines is 1. The van der Waals surface area contributed by atoms with E-state index in [0.717, 1.165) is 17.5 Å². The molecule has 1 saturated heterocycles. The number of amides is 1. The van der Waals surface area contributed by atoms with Gasteiger partial charge in [-0.1, -0.05) is 0 Å². The molecular formula is C25H26F2N6O3. The number of benzene rings is 1. The van der Waals surface area contributed by atoms with Gasteiger partial charge < -0.3 is 19.3 Å². The molecule has 188 valence electrons. The predicted molar refractivity (Wildman–Crippen MR) is 127 cm³/mol. The molecule has 0 spiro atoms. The van der Waals surface area contributed by atoms with Crippen molar-refractivity contribution in [1.82, 2.24) is 25.1 Å². The van der Waals surface area contributed by atoms with Crippen LogP contribution in [0.5, 0.6) is 11.6 Å². The largest absolute Gasteiger partial charge is 0.487 e. The number of nitrogens with zero attached hydrogens (tertiary/aromatic N) is 6. The number of piperidine rings is 1. The van der Waals surface area contributed by atoms with Gasteiger partial charge in [0, 0.05) is 63.5 Å². The summed E-state index contributed by atoms with van der Waals surface area (Å²) >= 11 is 0. The molecular weight excluding hydrogens is 470 g/mol. The van der Waals surface area contributed by atoms with Gasteiger partial charge >= 0.3 is 0 Å². The van der Waals surface area contributed by atoms with Crippen LogP contribution in [0.25, 0.3) is 11.3 Å². The Bertz CT molecular complexity index is 1280. The normalized spacial score (nSPS) is 16.0. The van der Waals surface area contributed by atoms with Crippen molar-refractivity contribution in [3.05, 3.63) is 53.5 Å². The Morgan fingerprint density at radius 2 is 1.89 bits per heavy atom. The summed E-state index contributed by atoms with van der Waals surface area (Å²) in [5.74, 6) is -0.224. The summed E-state index contributed by atoms with van der Waals surface area (Å²) in [6.45, 7) is 3.78. The molecule has 0 saturated carbocycles. The Balaban J connectivity index is 1.41. The number of hydrogen-bond acceptors (Lipinski definition) is 8. The molecule has 0 radical (unpaired) electrons. The zero-order valence-electron chi connectivity index (χ0n) is 20.1. The van der Waals surface area contributed by atoms with Crippen LogP contribution in [-0.2, 0) is 17.8 Å². The topological polar surface area (TPSA) is 93.6 Å². The van der Waals surface area contributed by atoms with Gasteiger partial charge in [0.05, 0.1) is 31.2 Å². The van der Waals surface area contributed by atoms with Crippen LogP contribution in [-0.4, -0.2) is 63.8 Å². The number of halogens is 2. The summed E-state index contributed by atoms with van der Waals surface area (Å²) in [7, 11) is 1.52. The van der Waals surface area contributed by atoms with Crippen molar-refractivity contribution in [2.24, 2.45) is 0 Å². The van der Waals surface area contributed by atoms with Gasteiger partial charge in [0.2, 0.25) is 11.8 Å². The molecule has 3 aromatic rings. The quantitative estimate of drug-likeness (QED) is 0.532. The van der Waals surface area contributed by atoms with Gasteiger partial charge in [0.25, 0.3) is 0 Å². The fourth-order valence-electron chi connectivity index (χ4n) is 4.52. The molecule has 11 heteroatoms. The maximum Gasteiger partial charge on any atom is 0.233 e. The molecule has 0 N–H and O–H groups in total. The Hall–Kier alpha value is -3.89. The number of methoxy groups -OCH3 is 1. The molecule has 4 heterocycles. The lowest BCUT2D eigenvalue weighted by Crippen LogP contribution is -2.40. The molecule has 5 rings (SSSR count). The molecule has 2 aromatic heterocycles. The lowest BCUT2D eigenvalue weighted by Gasteiger charge is -2.35. The standard InChI is InChI=1S/C25H26F2N6O3/c1-15(34)33-10-7-20-21(14-33)29-24(16-11-23(35-2)31-28-13-16)25(30-20)32-8-5-18(6-9-32)36-22-4-3-17(26)12-19(22)27/h3-4,11-13,18H,5-10,14H2,1-2H3. The summed E-state index contributed by atoms with van der Waals surface area (Å²) in [5, 5.41) is 7.99. The molecule has 2 aliphatic rings. The Morgan fingerprint density at radius 3 is 2.61 bits per heavy atom. The van der Waals surface area contributed by atoms with Crippen molar-refractivity contribution in [3.63, 3.8) is 0 Å². The number of hydrogen-bond donors (Lipinski definition) is 0. The van der Waals surface area contributed by atoms with Gasteiger partial charge in [0.1, 0.15) is 17.6 Å². The minimum absolute atomic E-state index is 0.0000119. The number of aromatic nitrogens is 4. The van der Waals surface area contributed by atoms with Crippen LogP contribution in [0, 0.1) is 11.6 Å². The molecule has 36 heavy (non-hydrogen) atoms. The second-order valence-electron chi connectivity index (χ2n) is 8.85. The number of rotatable bonds is 5. The summed E-state index contributed by atoms with van der Waals surface area (Å²) in [5.41, 5.74) is 2.97. The maximum atomic E-state index is 14.0. The lowest BCUT2D eigenvalue weighted by atomic mass is 10.1. The van der Waals surface area contributed by atoms with E-state index in [2.05, 4.69) is 15.1 Å². The molecule has 0 unspecified atom stereocenters. The number of fused-ring (bicyclic) bond motifs is 1. The lowest BCUT2D eigenvalue weighted by molar-refractivity contribution is -0.129. The average Bonchev–Trinajstić information content (AvgIpc) is 2.89. The van der Waals surface area contributed by atoms with Crippen LogP contribution in [0.1, 0.15) is 31.2 Å². The van der Waals surface area contributed by atoms with E-state index >= 15 is 0 Å². The first-order valence-corrected chi connectivity index (χ1v) is 11.8. The highest BCUT2D eigenvalue weighted by atomic mass is 19.1. The fourth-order valence-corrected chi connectivity index (χ4v) is 4.52. The number of carbonyl (C=O) groups is 1. The van der Waals surface area contributed by atoms with Crippen LogP contribution in [0.2, 0.25) is 0 Å². The van der Waals surface area contributed by atoms with Gasteiger partial charge in [-0.15, -0.1) is 5.10 Å². The first-order valence-electron chi connectivity index (χ1n) is 11.8. The smallest absolute Gasteiger partial charge is 0.233 e. The van der Waals surface area contributed by atoms with Crippen LogP contribution in [0.4, 0.5) is 14.6 Å². The van der Waals surface area contributed by atoms with Crippen molar-refractivity contribution in [3.8, 4) is 22.9 Å². The average molecular weight is 497 g/mol. The van der Waals surface area contributed by atoms with Gasteiger partial charge in [-0.2, -0.15) is 5.10 Å². The van der Waals surface area contributed by atoms with E-state index in [1.54, 1.807) is 24.1 Å². The number of carbonyl (C=O) groups excluding carboxylic acids is 1. The monoisotopic (exact) mass is 496 g/mol. The van der Waals surface area contributed by atoms with Crippen molar-refractivity contribution < 1.29 is 23.0 Å². The minimum Gasteiger partial charge on any atom is -0.487 e. The third kappa shape index (κ3) is 4.91. The third-order valence-corrected chi connectivity index (χ3v) is 6.48. The van der Waals surface area contributed by atoms with E-state index in [9.17, 15) is 13.6 Å². The highest BCUT2D eigenvalue weighted by molar-refractivity contribution is 5.75. The molecule has 0 aliphatic carbocycles. The van der Waals surface area contributed by atoms with E-state index in [4.69, 9.17) is 19.4 Å². The summed E-state index contributed by atoms with van der Waals surface area (Å²) < 4.78 is 38.3. The highest BCUT2D eigenvalue weighted by Gasteiger charge is 2.29. The molecule has 1 amide bonds. The third-order valence-electron chi connectivity index (χ3n) is 6.48. The van der Waals surface area contributed by atoms with Crippen LogP contribution >= 0.6 is 0 Å². The van der Waals surface area contributed by atoms with Crippen molar-refractivity contribution >= 4 is 11.7 Å². The highest BCUT2D eigenvalue weighted by Crippen LogP contribution is 2.33. The van der Waals surface area contributed by atoms with E-state index in [-0.39, 0.29) is 17.8 Å². The summed E-state index contributed by atoms with van der Waals surface area (Å²) in [6, 6.07) is 5.08. The van der Waals surface area contributed by atoms with E-state index in [1.165, 1.54) is 19.2 Å². The van der Waals surface area contributed by atoms with E-state index < -0.39 is 11.6 Å². The van der Waals surface area contributed by atoms with Gasteiger partial charge in [-0.05, 0) is 12.1 Å². The van der Waals surface area contributed by atoms with E-state index in [0.29, 0.717) is 68.4 Å². The second-order valence-corrected chi connectivity index (χ2v) is 8.85. The Morgan fingerprint density at radius 1 is 1.08 bits per heavy atom. The van der Waals surface area contributed by atoms with E-state index in [1.807, 2.05) is 0 Å². The van der Waals surface area contributed by atoms with Crippen LogP contribution < -0.4 is 14.4 Å². The molecule has 2 aliphatic heterocycles.